The third kappa shape index (κ3) is 7.10. The van der Waals surface area contributed by atoms with Crippen LogP contribution >= 0.6 is 11.8 Å². The molecule has 4 nitrogen and oxygen atoms in total. The molecule has 2 aromatic rings. The summed E-state index contributed by atoms with van der Waals surface area (Å²) in [5.74, 6) is 1.19. The molecule has 0 aliphatic carbocycles. The van der Waals surface area contributed by atoms with Gasteiger partial charge in [-0.2, -0.15) is 11.8 Å². The lowest BCUT2D eigenvalue weighted by Gasteiger charge is -2.11. The van der Waals surface area contributed by atoms with Gasteiger partial charge >= 0.3 is 0 Å². The monoisotopic (exact) mass is 384 g/mol. The Hall–Kier alpha value is -2.27. The number of para-hydroxylation sites is 1. The molecule has 0 aliphatic heterocycles. The molecule has 0 heterocycles. The summed E-state index contributed by atoms with van der Waals surface area (Å²) in [4.78, 5) is 24.1. The molecule has 144 valence electrons. The highest BCUT2D eigenvalue weighted by Crippen LogP contribution is 2.20. The van der Waals surface area contributed by atoms with Gasteiger partial charge in [-0.05, 0) is 61.3 Å². The first-order valence-electron chi connectivity index (χ1n) is 9.32. The predicted octanol–water partition coefficient (Wildman–Crippen LogP) is 4.96. The first kappa shape index (κ1) is 21.0. The predicted molar refractivity (Wildman–Crippen MR) is 116 cm³/mol. The Morgan fingerprint density at radius 2 is 1.59 bits per heavy atom. The summed E-state index contributed by atoms with van der Waals surface area (Å²) in [6, 6.07) is 13.9. The number of carbonyl (C=O) groups is 2. The molecular formula is C22H28N2O2S. The molecule has 5 heteroatoms. The second-order valence-corrected chi connectivity index (χ2v) is 7.67. The van der Waals surface area contributed by atoms with Gasteiger partial charge in [0.25, 0.3) is 0 Å². The van der Waals surface area contributed by atoms with Crippen LogP contribution in [0.3, 0.4) is 0 Å². The molecule has 0 aromatic heterocycles. The third-order valence-corrected chi connectivity index (χ3v) is 5.36. The van der Waals surface area contributed by atoms with E-state index in [0.717, 1.165) is 41.1 Å². The van der Waals surface area contributed by atoms with E-state index in [4.69, 9.17) is 0 Å². The van der Waals surface area contributed by atoms with Crippen LogP contribution < -0.4 is 10.6 Å². The average Bonchev–Trinajstić information content (AvgIpc) is 2.65. The molecule has 0 bridgehead atoms. The third-order valence-electron chi connectivity index (χ3n) is 4.32. The highest BCUT2D eigenvalue weighted by atomic mass is 32.2. The molecule has 2 N–H and O–H groups in total. The molecule has 0 saturated carbocycles. The number of nitrogens with one attached hydrogen (secondary N) is 2. The average molecular weight is 385 g/mol. The van der Waals surface area contributed by atoms with Gasteiger partial charge in [-0.25, -0.2) is 0 Å². The summed E-state index contributed by atoms with van der Waals surface area (Å²) in [6.45, 7) is 6.09. The molecule has 0 fully saturated rings. The molecule has 0 saturated heterocycles. The minimum Gasteiger partial charge on any atom is -0.326 e. The maximum Gasteiger partial charge on any atom is 0.234 e. The number of hydrogen-bond donors (Lipinski definition) is 2. The van der Waals surface area contributed by atoms with E-state index < -0.39 is 0 Å². The molecule has 27 heavy (non-hydrogen) atoms. The van der Waals surface area contributed by atoms with Crippen LogP contribution in [0, 0.1) is 13.8 Å². The summed E-state index contributed by atoms with van der Waals surface area (Å²) in [5, 5.41) is 5.89. The molecular weight excluding hydrogens is 356 g/mol. The zero-order valence-corrected chi connectivity index (χ0v) is 17.1. The van der Waals surface area contributed by atoms with Gasteiger partial charge in [0, 0.05) is 17.8 Å². The number of carbonyl (C=O) groups excluding carboxylic acids is 2. The fraction of sp³-hybridized carbons (Fsp3) is 0.364. The van der Waals surface area contributed by atoms with Crippen LogP contribution in [0.25, 0.3) is 0 Å². The number of benzene rings is 2. The summed E-state index contributed by atoms with van der Waals surface area (Å²) < 4.78 is 0. The van der Waals surface area contributed by atoms with Crippen LogP contribution in [-0.2, 0) is 16.0 Å². The van der Waals surface area contributed by atoms with Crippen molar-refractivity contribution < 1.29 is 9.59 Å². The molecule has 2 amide bonds. The van der Waals surface area contributed by atoms with Gasteiger partial charge < -0.3 is 10.6 Å². The number of rotatable bonds is 9. The number of amides is 2. The Balaban J connectivity index is 1.63. The van der Waals surface area contributed by atoms with Gasteiger partial charge in [-0.1, -0.05) is 37.3 Å². The zero-order valence-electron chi connectivity index (χ0n) is 16.3. The molecule has 2 aromatic carbocycles. The second kappa shape index (κ2) is 10.8. The summed E-state index contributed by atoms with van der Waals surface area (Å²) in [7, 11) is 0. The Morgan fingerprint density at radius 3 is 2.22 bits per heavy atom. The molecule has 0 atom stereocenters. The van der Waals surface area contributed by atoms with Crippen molar-refractivity contribution in [1.29, 1.82) is 0 Å². The van der Waals surface area contributed by atoms with Crippen LogP contribution in [0.4, 0.5) is 11.4 Å². The molecule has 2 rings (SSSR count). The molecule has 0 spiro atoms. The molecule has 0 aliphatic rings. The van der Waals surface area contributed by atoms with Gasteiger partial charge in [0.2, 0.25) is 11.8 Å². The first-order valence-corrected chi connectivity index (χ1v) is 10.5. The quantitative estimate of drug-likeness (QED) is 0.601. The van der Waals surface area contributed by atoms with Gasteiger partial charge in [0.1, 0.15) is 0 Å². The van der Waals surface area contributed by atoms with Crippen LogP contribution in [-0.4, -0.2) is 23.3 Å². The van der Waals surface area contributed by atoms with Gasteiger partial charge in [-0.15, -0.1) is 0 Å². The minimum atomic E-state index is -0.00997. The van der Waals surface area contributed by atoms with E-state index >= 15 is 0 Å². The van der Waals surface area contributed by atoms with E-state index in [-0.39, 0.29) is 11.8 Å². The van der Waals surface area contributed by atoms with Crippen molar-refractivity contribution in [2.75, 3.05) is 22.1 Å². The summed E-state index contributed by atoms with van der Waals surface area (Å²) in [5.41, 5.74) is 5.12. The van der Waals surface area contributed by atoms with Crippen LogP contribution in [0.1, 0.15) is 36.5 Å². The summed E-state index contributed by atoms with van der Waals surface area (Å²) >= 11 is 1.55. The zero-order chi connectivity index (χ0) is 19.6. The van der Waals surface area contributed by atoms with Crippen molar-refractivity contribution in [3.8, 4) is 0 Å². The van der Waals surface area contributed by atoms with Crippen molar-refractivity contribution >= 4 is 35.0 Å². The van der Waals surface area contributed by atoms with Crippen molar-refractivity contribution in [2.45, 2.75) is 40.0 Å². The lowest BCUT2D eigenvalue weighted by atomic mass is 10.1. The van der Waals surface area contributed by atoms with Crippen molar-refractivity contribution in [3.05, 3.63) is 59.2 Å². The van der Waals surface area contributed by atoms with Crippen molar-refractivity contribution in [1.82, 2.24) is 0 Å². The maximum absolute atomic E-state index is 12.1. The highest BCUT2D eigenvalue weighted by molar-refractivity contribution is 7.99. The van der Waals surface area contributed by atoms with Gasteiger partial charge in [-0.3, -0.25) is 9.59 Å². The Labute approximate surface area is 166 Å². The minimum absolute atomic E-state index is 0.00997. The topological polar surface area (TPSA) is 58.2 Å². The normalized spacial score (nSPS) is 10.5. The van der Waals surface area contributed by atoms with Crippen LogP contribution in [0.15, 0.2) is 42.5 Å². The number of thioether (sulfide) groups is 1. The van der Waals surface area contributed by atoms with E-state index in [1.54, 1.807) is 11.8 Å². The lowest BCUT2D eigenvalue weighted by Crippen LogP contribution is -2.15. The number of hydrogen-bond acceptors (Lipinski definition) is 3. The van der Waals surface area contributed by atoms with Gasteiger partial charge in [0.05, 0.1) is 5.75 Å². The smallest absolute Gasteiger partial charge is 0.234 e. The van der Waals surface area contributed by atoms with E-state index in [2.05, 4.69) is 17.6 Å². The van der Waals surface area contributed by atoms with E-state index in [0.29, 0.717) is 12.2 Å². The fourth-order valence-electron chi connectivity index (χ4n) is 2.73. The lowest BCUT2D eigenvalue weighted by molar-refractivity contribution is -0.116. The van der Waals surface area contributed by atoms with E-state index in [1.165, 1.54) is 5.56 Å². The Morgan fingerprint density at radius 1 is 0.926 bits per heavy atom. The van der Waals surface area contributed by atoms with Crippen LogP contribution in [0.2, 0.25) is 0 Å². The van der Waals surface area contributed by atoms with Crippen LogP contribution in [0.5, 0.6) is 0 Å². The maximum atomic E-state index is 12.1. The Kier molecular flexibility index (Phi) is 8.40. The van der Waals surface area contributed by atoms with Crippen molar-refractivity contribution in [2.24, 2.45) is 0 Å². The number of aryl methyl sites for hydroxylation is 3. The Bertz CT molecular complexity index is 752. The van der Waals surface area contributed by atoms with Crippen molar-refractivity contribution in [3.63, 3.8) is 0 Å². The number of anilines is 2. The SMILES string of the molecule is CCc1ccc(NC(=O)CSCCCC(=O)Nc2c(C)cccc2C)cc1. The molecule has 0 unspecified atom stereocenters. The van der Waals surface area contributed by atoms with E-state index in [9.17, 15) is 9.59 Å². The highest BCUT2D eigenvalue weighted by Gasteiger charge is 2.08. The molecule has 0 radical (unpaired) electrons. The van der Waals surface area contributed by atoms with E-state index in [1.807, 2.05) is 56.3 Å². The fourth-order valence-corrected chi connectivity index (χ4v) is 3.48. The standard InChI is InChI=1S/C22H28N2O2S/c1-4-18-10-12-19(13-11-18)23-21(26)15-27-14-6-9-20(25)24-22-16(2)7-5-8-17(22)3/h5,7-8,10-13H,4,6,9,14-15H2,1-3H3,(H,23,26)(H,24,25). The second-order valence-electron chi connectivity index (χ2n) is 6.57. The summed E-state index contributed by atoms with van der Waals surface area (Å²) in [6.07, 6.45) is 2.20. The largest absolute Gasteiger partial charge is 0.326 e. The first-order chi connectivity index (χ1) is 13.0. The van der Waals surface area contributed by atoms with Gasteiger partial charge in [0.15, 0.2) is 0 Å².